The number of carbonyl (C=O) groups excluding carboxylic acids is 3. The number of aliphatic carboxylic acids is 1. The third-order valence-corrected chi connectivity index (χ3v) is 2.38. The minimum absolute atomic E-state index is 0. The van der Waals surface area contributed by atoms with Crippen LogP contribution in [0.5, 0.6) is 0 Å². The van der Waals surface area contributed by atoms with Crippen LogP contribution in [0.3, 0.4) is 0 Å². The van der Waals surface area contributed by atoms with Crippen molar-refractivity contribution in [2.24, 2.45) is 0 Å². The van der Waals surface area contributed by atoms with Gasteiger partial charge in [0.05, 0.1) is 0 Å². The van der Waals surface area contributed by atoms with Gasteiger partial charge >= 0.3 is 162 Å². The second-order valence-electron chi connectivity index (χ2n) is 2.54. The van der Waals surface area contributed by atoms with Gasteiger partial charge in [-0.3, -0.25) is 0 Å². The van der Waals surface area contributed by atoms with Crippen LogP contribution < -0.4 is 56.5 Å². The summed E-state index contributed by atoms with van der Waals surface area (Å²) in [5.74, 6) is -3.94. The molecule has 0 aliphatic heterocycles. The van der Waals surface area contributed by atoms with E-state index in [0.29, 0.717) is 0 Å². The topological polar surface area (TPSA) is 113 Å². The van der Waals surface area contributed by atoms with Gasteiger partial charge in [0, 0.05) is 0 Å². The molecule has 7 nitrogen and oxygen atoms in total. The van der Waals surface area contributed by atoms with Crippen LogP contribution in [-0.4, -0.2) is 28.6 Å². The molecule has 0 atom stereocenters. The predicted octanol–water partition coefficient (Wildman–Crippen LogP) is -5.74. The first-order valence-electron chi connectivity index (χ1n) is 3.36. The molecule has 0 saturated heterocycles. The summed E-state index contributed by atoms with van der Waals surface area (Å²) in [6.07, 6.45) is -1.79. The summed E-state index contributed by atoms with van der Waals surface area (Å²) in [4.78, 5) is 32.1. The summed E-state index contributed by atoms with van der Waals surface area (Å²) in [6.45, 7) is 0. The Morgan fingerprint density at radius 1 is 1.12 bits per heavy atom. The van der Waals surface area contributed by atoms with Crippen molar-refractivity contribution in [1.82, 2.24) is 0 Å². The van der Waals surface area contributed by atoms with E-state index in [0.717, 1.165) is 0 Å². The van der Waals surface area contributed by atoms with E-state index in [9.17, 15) is 24.6 Å². The second-order valence-corrected chi connectivity index (χ2v) is 3.42. The molecule has 16 heavy (non-hydrogen) atoms. The van der Waals surface area contributed by atoms with Gasteiger partial charge < -0.3 is 0 Å². The van der Waals surface area contributed by atoms with E-state index in [1.807, 2.05) is 0 Å². The number of rotatable bonds is 5. The molecule has 10 heteroatoms. The van der Waals surface area contributed by atoms with Gasteiger partial charge in [-0.2, -0.15) is 0 Å². The molecule has 0 fully saturated rings. The van der Waals surface area contributed by atoms with Gasteiger partial charge in [0.15, 0.2) is 0 Å². The van der Waals surface area contributed by atoms with Gasteiger partial charge in [-0.15, -0.1) is 0 Å². The van der Waals surface area contributed by atoms with E-state index in [1.54, 1.807) is 0 Å². The zero-order valence-electron chi connectivity index (χ0n) is 7.91. The van der Waals surface area contributed by atoms with Crippen molar-refractivity contribution in [2.75, 3.05) is 0 Å². The smallest absolute Gasteiger partial charge is 1.00 e. The number of hydrogen-bond donors (Lipinski definition) is 1. The fraction of sp³-hybridized carbons (Fsp3) is 0.500. The van der Waals surface area contributed by atoms with Gasteiger partial charge in [-0.25, -0.2) is 0 Å². The Labute approximate surface area is 159 Å². The average Bonchev–Trinajstić information content (AvgIpc) is 2.16. The first kappa shape index (κ1) is 19.8. The molecule has 0 unspecified atom stereocenters. The number of carbonyl (C=O) groups is 3. The third kappa shape index (κ3) is 7.04. The van der Waals surface area contributed by atoms with Crippen molar-refractivity contribution in [1.29, 1.82) is 0 Å². The summed E-state index contributed by atoms with van der Waals surface area (Å²) in [7, 11) is 0. The predicted molar refractivity (Wildman–Crippen MR) is 31.4 cm³/mol. The molecule has 0 aromatic rings. The third-order valence-electron chi connectivity index (χ3n) is 1.39. The summed E-state index contributed by atoms with van der Waals surface area (Å²) < 4.78 is 8.22. The Morgan fingerprint density at radius 2 is 1.44 bits per heavy atom. The fourth-order valence-corrected chi connectivity index (χ4v) is 1.04. The molecule has 1 N–H and O–H groups in total. The van der Waals surface area contributed by atoms with E-state index in [1.165, 1.54) is 42.9 Å². The van der Waals surface area contributed by atoms with E-state index in [-0.39, 0.29) is 51.4 Å². The summed E-state index contributed by atoms with van der Waals surface area (Å²) >= 11 is 2.80. The molecular weight excluding hydrogens is 617 g/mol. The normalized spacial score (nSPS) is 10.1. The Hall–Kier alpha value is 1.49. The molecule has 0 heterocycles. The molecule has 0 bridgehead atoms. The zero-order chi connectivity index (χ0) is 12.1. The maximum Gasteiger partial charge on any atom is 1.00 e. The Bertz CT molecular complexity index is 264. The maximum absolute atomic E-state index is 10.8. The van der Waals surface area contributed by atoms with Crippen molar-refractivity contribution in [2.45, 2.75) is 18.4 Å². The van der Waals surface area contributed by atoms with Crippen LogP contribution in [0.4, 0.5) is 0 Å². The van der Waals surface area contributed by atoms with Crippen LogP contribution in [0.15, 0.2) is 0 Å². The Morgan fingerprint density at radius 3 is 1.62 bits per heavy atom. The molecule has 0 spiro atoms. The largest absolute Gasteiger partial charge is 1.00 e. The number of carboxylic acids is 1. The van der Waals surface area contributed by atoms with Gasteiger partial charge in [0.1, 0.15) is 0 Å². The monoisotopic (exact) mass is 622 g/mol. The number of carboxylic acid groups (broad SMARTS) is 1. The molecule has 0 radical (unpaired) electrons. The fourth-order valence-electron chi connectivity index (χ4n) is 0.728. The van der Waals surface area contributed by atoms with E-state index < -0.39 is 36.4 Å². The van der Waals surface area contributed by atoms with Crippen LogP contribution in [-0.2, 0) is 63.8 Å². The molecule has 0 aliphatic rings. The Kier molecular flexibility index (Phi) is 11.7. The van der Waals surface area contributed by atoms with E-state index >= 15 is 0 Å². The SMILES string of the molecule is O=C(CC(O)(CC(=O)[O][Au])C(=O)[O-])[O][Au].[K+]. The first-order valence-corrected chi connectivity index (χ1v) is 5.13. The molecule has 0 saturated carbocycles. The minimum Gasteiger partial charge on any atom is 1.00 e. The molecule has 0 rings (SSSR count). The summed E-state index contributed by atoms with van der Waals surface area (Å²) in [5.41, 5.74) is -2.61. The van der Waals surface area contributed by atoms with Crippen molar-refractivity contribution in [3.8, 4) is 0 Å². The molecular formula is C6H5Au2KO7. The van der Waals surface area contributed by atoms with Gasteiger partial charge in [-0.05, 0) is 0 Å². The van der Waals surface area contributed by atoms with E-state index in [4.69, 9.17) is 0 Å². The molecule has 0 aliphatic carbocycles. The number of hydrogen-bond acceptors (Lipinski definition) is 7. The quantitative estimate of drug-likeness (QED) is 0.305. The van der Waals surface area contributed by atoms with Gasteiger partial charge in [-0.1, -0.05) is 0 Å². The second kappa shape index (κ2) is 9.42. The summed E-state index contributed by atoms with van der Waals surface area (Å²) in [5, 5.41) is 20.0. The standard InChI is InChI=1S/C6H8O7.2Au.K/c7-3(8)1-6(13,5(11)12)2-4(9)10;;;/h13H,1-2H2,(H,7,8)(H,9,10)(H,11,12);;;/q;3*+1/p-3. The van der Waals surface area contributed by atoms with Gasteiger partial charge in [0.25, 0.3) is 0 Å². The van der Waals surface area contributed by atoms with Crippen molar-refractivity contribution in [3.05, 3.63) is 0 Å². The summed E-state index contributed by atoms with van der Waals surface area (Å²) in [6, 6.07) is 0. The number of aliphatic hydroxyl groups is 1. The van der Waals surface area contributed by atoms with Crippen molar-refractivity contribution < 1.29 is 125 Å². The minimum atomic E-state index is -2.61. The van der Waals surface area contributed by atoms with E-state index in [2.05, 4.69) is 6.49 Å². The first-order chi connectivity index (χ1) is 6.85. The molecule has 0 aromatic heterocycles. The van der Waals surface area contributed by atoms with Crippen LogP contribution >= 0.6 is 0 Å². The van der Waals surface area contributed by atoms with Crippen LogP contribution in [0.1, 0.15) is 12.8 Å². The Balaban J connectivity index is 0. The average molecular weight is 622 g/mol. The van der Waals surface area contributed by atoms with Crippen molar-refractivity contribution >= 4 is 17.9 Å². The van der Waals surface area contributed by atoms with Crippen LogP contribution in [0, 0.1) is 0 Å². The zero-order valence-corrected chi connectivity index (χ0v) is 15.4. The maximum atomic E-state index is 10.8. The van der Waals surface area contributed by atoms with Crippen molar-refractivity contribution in [3.63, 3.8) is 0 Å². The molecule has 0 aromatic carbocycles. The molecule has 0 amide bonds. The van der Waals surface area contributed by atoms with Gasteiger partial charge in [0.2, 0.25) is 0 Å². The van der Waals surface area contributed by atoms with Crippen LogP contribution in [0.25, 0.3) is 0 Å². The van der Waals surface area contributed by atoms with Crippen LogP contribution in [0.2, 0.25) is 0 Å². The molecule has 94 valence electrons.